The van der Waals surface area contributed by atoms with Gasteiger partial charge in [-0.25, -0.2) is 0 Å². The SMILES string of the molecule is O=C(O)CC(CCC1CCN(C(=O)c2cccc(NC3=NCC(O)CN3)c2)CC1)c1cnc2ccccc2c1. The number of aromatic nitrogens is 1. The molecule has 1 aromatic heterocycles. The molecule has 0 aliphatic carbocycles. The second-order valence-electron chi connectivity index (χ2n) is 10.5. The van der Waals surface area contributed by atoms with Crippen molar-refractivity contribution in [3.63, 3.8) is 0 Å². The lowest BCUT2D eigenvalue weighted by Crippen LogP contribution is -2.42. The Morgan fingerprint density at radius 2 is 1.92 bits per heavy atom. The molecule has 9 heteroatoms. The maximum atomic E-state index is 13.2. The van der Waals surface area contributed by atoms with Crippen molar-refractivity contribution < 1.29 is 19.8 Å². The number of anilines is 1. The predicted molar refractivity (Wildman–Crippen MR) is 151 cm³/mol. The van der Waals surface area contributed by atoms with Crippen molar-refractivity contribution in [3.05, 3.63) is 71.9 Å². The third-order valence-electron chi connectivity index (χ3n) is 7.67. The fourth-order valence-electron chi connectivity index (χ4n) is 5.43. The molecule has 0 bridgehead atoms. The third kappa shape index (κ3) is 6.92. The lowest BCUT2D eigenvalue weighted by Gasteiger charge is -2.33. The smallest absolute Gasteiger partial charge is 0.303 e. The summed E-state index contributed by atoms with van der Waals surface area (Å²) in [5.74, 6) is 0.177. The molecule has 1 amide bonds. The molecular formula is C30H35N5O4. The van der Waals surface area contributed by atoms with Gasteiger partial charge in [0.05, 0.1) is 24.6 Å². The Kier molecular flexibility index (Phi) is 8.36. The summed E-state index contributed by atoms with van der Waals surface area (Å²) in [7, 11) is 0. The Hall–Kier alpha value is -3.98. The van der Waals surface area contributed by atoms with E-state index < -0.39 is 12.1 Å². The Labute approximate surface area is 228 Å². The Morgan fingerprint density at radius 1 is 1.10 bits per heavy atom. The van der Waals surface area contributed by atoms with Gasteiger partial charge in [0.1, 0.15) is 0 Å². The molecule has 0 saturated carbocycles. The first-order chi connectivity index (χ1) is 18.9. The number of guanidine groups is 1. The molecule has 0 radical (unpaired) electrons. The van der Waals surface area contributed by atoms with Gasteiger partial charge in [0.2, 0.25) is 0 Å². The van der Waals surface area contributed by atoms with Crippen molar-refractivity contribution in [2.45, 2.75) is 44.1 Å². The summed E-state index contributed by atoms with van der Waals surface area (Å²) in [6, 6.07) is 17.4. The minimum Gasteiger partial charge on any atom is -0.481 e. The van der Waals surface area contributed by atoms with E-state index in [2.05, 4.69) is 26.7 Å². The number of aliphatic hydroxyl groups excluding tert-OH is 1. The van der Waals surface area contributed by atoms with Crippen molar-refractivity contribution in [3.8, 4) is 0 Å². The summed E-state index contributed by atoms with van der Waals surface area (Å²) in [5, 5.41) is 26.4. The van der Waals surface area contributed by atoms with Crippen LogP contribution in [0.5, 0.6) is 0 Å². The van der Waals surface area contributed by atoms with Gasteiger partial charge in [-0.2, -0.15) is 0 Å². The molecule has 2 aromatic carbocycles. The minimum atomic E-state index is -0.797. The molecule has 3 aromatic rings. The molecule has 9 nitrogen and oxygen atoms in total. The molecule has 4 N–H and O–H groups in total. The number of carbonyl (C=O) groups is 2. The average Bonchev–Trinajstić information content (AvgIpc) is 2.96. The number of benzene rings is 2. The first kappa shape index (κ1) is 26.6. The van der Waals surface area contributed by atoms with Gasteiger partial charge in [0, 0.05) is 42.5 Å². The zero-order valence-electron chi connectivity index (χ0n) is 21.9. The zero-order chi connectivity index (χ0) is 27.2. The van der Waals surface area contributed by atoms with Crippen LogP contribution in [0.3, 0.4) is 0 Å². The normalized spacial score (nSPS) is 18.7. The molecule has 2 unspecified atom stereocenters. The van der Waals surface area contributed by atoms with Crippen LogP contribution in [0, 0.1) is 5.92 Å². The topological polar surface area (TPSA) is 127 Å². The summed E-state index contributed by atoms with van der Waals surface area (Å²) in [5.41, 5.74) is 3.28. The number of amides is 1. The number of hydrogen-bond donors (Lipinski definition) is 4. The van der Waals surface area contributed by atoms with Crippen LogP contribution in [0.1, 0.15) is 53.9 Å². The summed E-state index contributed by atoms with van der Waals surface area (Å²) >= 11 is 0. The molecule has 39 heavy (non-hydrogen) atoms. The first-order valence-electron chi connectivity index (χ1n) is 13.6. The number of pyridine rings is 1. The highest BCUT2D eigenvalue weighted by Crippen LogP contribution is 2.32. The average molecular weight is 530 g/mol. The van der Waals surface area contributed by atoms with Crippen molar-refractivity contribution >= 4 is 34.4 Å². The molecule has 1 fully saturated rings. The van der Waals surface area contributed by atoms with Crippen LogP contribution in [0.15, 0.2) is 65.8 Å². The van der Waals surface area contributed by atoms with E-state index in [1.165, 1.54) is 0 Å². The first-order valence-corrected chi connectivity index (χ1v) is 13.6. The van der Waals surface area contributed by atoms with Crippen molar-refractivity contribution in [2.75, 3.05) is 31.5 Å². The number of nitrogens with one attached hydrogen (secondary N) is 2. The number of likely N-dealkylation sites (tertiary alicyclic amines) is 1. The number of piperidine rings is 1. The van der Waals surface area contributed by atoms with Crippen LogP contribution < -0.4 is 10.6 Å². The van der Waals surface area contributed by atoms with E-state index in [0.717, 1.165) is 47.8 Å². The molecule has 5 rings (SSSR count). The second kappa shape index (κ2) is 12.3. The fourth-order valence-corrected chi connectivity index (χ4v) is 5.43. The fraction of sp³-hybridized carbons (Fsp3) is 0.400. The molecule has 1 saturated heterocycles. The number of para-hydroxylation sites is 1. The zero-order valence-corrected chi connectivity index (χ0v) is 21.9. The van der Waals surface area contributed by atoms with E-state index in [4.69, 9.17) is 0 Å². The van der Waals surface area contributed by atoms with E-state index in [1.807, 2.05) is 59.6 Å². The number of carboxylic acid groups (broad SMARTS) is 1. The highest BCUT2D eigenvalue weighted by molar-refractivity contribution is 5.98. The van der Waals surface area contributed by atoms with Crippen LogP contribution in [-0.2, 0) is 4.79 Å². The van der Waals surface area contributed by atoms with Crippen molar-refractivity contribution in [1.82, 2.24) is 15.2 Å². The van der Waals surface area contributed by atoms with Gasteiger partial charge in [0.25, 0.3) is 5.91 Å². The molecule has 3 heterocycles. The number of carbonyl (C=O) groups excluding carboxylic acids is 1. The standard InChI is InChI=1S/C30H35N5O4/c36-26-18-32-30(33-19-26)34-25-6-3-5-23(15-25)29(39)35-12-10-20(11-13-35)8-9-21(16-28(37)38)24-14-22-4-1-2-7-27(22)31-17-24/h1-7,14-15,17,20-21,26,36H,8-13,16,18-19H2,(H,37,38)(H2,32,33,34). The maximum Gasteiger partial charge on any atom is 0.303 e. The van der Waals surface area contributed by atoms with E-state index >= 15 is 0 Å². The van der Waals surface area contributed by atoms with Gasteiger partial charge in [-0.1, -0.05) is 24.3 Å². The van der Waals surface area contributed by atoms with Crippen molar-refractivity contribution in [2.24, 2.45) is 10.9 Å². The number of aliphatic hydroxyl groups is 1. The highest BCUT2D eigenvalue weighted by atomic mass is 16.4. The summed E-state index contributed by atoms with van der Waals surface area (Å²) < 4.78 is 0. The van der Waals surface area contributed by atoms with Gasteiger partial charge in [0.15, 0.2) is 5.96 Å². The van der Waals surface area contributed by atoms with Crippen LogP contribution in [-0.4, -0.2) is 70.2 Å². The molecule has 0 spiro atoms. The third-order valence-corrected chi connectivity index (χ3v) is 7.67. The number of β-amino-alcohol motifs (C(OH)–C–C–N with tert-alkyl or cyclic N) is 1. The van der Waals surface area contributed by atoms with E-state index in [9.17, 15) is 19.8 Å². The largest absolute Gasteiger partial charge is 0.481 e. The van der Waals surface area contributed by atoms with Gasteiger partial charge in [-0.3, -0.25) is 19.6 Å². The van der Waals surface area contributed by atoms with Gasteiger partial charge in [-0.05, 0) is 73.4 Å². The van der Waals surface area contributed by atoms with Crippen LogP contribution in [0.25, 0.3) is 10.9 Å². The molecule has 2 aliphatic rings. The number of nitrogens with zero attached hydrogens (tertiary/aromatic N) is 3. The Balaban J connectivity index is 1.15. The van der Waals surface area contributed by atoms with Crippen LogP contribution in [0.4, 0.5) is 5.69 Å². The number of hydrogen-bond acceptors (Lipinski definition) is 7. The molecule has 204 valence electrons. The van der Waals surface area contributed by atoms with Gasteiger partial charge in [-0.15, -0.1) is 0 Å². The number of rotatable bonds is 8. The highest BCUT2D eigenvalue weighted by Gasteiger charge is 2.26. The summed E-state index contributed by atoms with van der Waals surface area (Å²) in [4.78, 5) is 35.5. The second-order valence-corrected chi connectivity index (χ2v) is 10.5. The van der Waals surface area contributed by atoms with Gasteiger partial charge < -0.3 is 25.7 Å². The lowest BCUT2D eigenvalue weighted by molar-refractivity contribution is -0.137. The Bertz CT molecular complexity index is 1350. The number of aliphatic carboxylic acids is 1. The van der Waals surface area contributed by atoms with Gasteiger partial charge >= 0.3 is 5.97 Å². The number of fused-ring (bicyclic) bond motifs is 1. The minimum absolute atomic E-state index is 0.0112. The maximum absolute atomic E-state index is 13.2. The van der Waals surface area contributed by atoms with Crippen molar-refractivity contribution in [1.29, 1.82) is 0 Å². The van der Waals surface area contributed by atoms with E-state index in [1.54, 1.807) is 0 Å². The predicted octanol–water partition coefficient (Wildman–Crippen LogP) is 3.86. The summed E-state index contributed by atoms with van der Waals surface area (Å²) in [6.45, 7) is 2.16. The summed E-state index contributed by atoms with van der Waals surface area (Å²) in [6.07, 6.45) is 4.95. The van der Waals surface area contributed by atoms with Crippen LogP contribution >= 0.6 is 0 Å². The van der Waals surface area contributed by atoms with E-state index in [-0.39, 0.29) is 18.2 Å². The lowest BCUT2D eigenvalue weighted by atomic mass is 9.85. The Morgan fingerprint density at radius 3 is 2.69 bits per heavy atom. The number of carboxylic acids is 1. The molecule has 2 atom stereocenters. The quantitative estimate of drug-likeness (QED) is 0.349. The molecule has 2 aliphatic heterocycles. The monoisotopic (exact) mass is 529 g/mol. The van der Waals surface area contributed by atoms with E-state index in [0.29, 0.717) is 43.6 Å². The molecular weight excluding hydrogens is 494 g/mol. The number of aliphatic imine (C=N–C) groups is 1. The van der Waals surface area contributed by atoms with Crippen LogP contribution in [0.2, 0.25) is 0 Å².